The molecule has 1 aliphatic heterocycles. The Morgan fingerprint density at radius 1 is 1.05 bits per heavy atom. The number of thiophene rings is 1. The van der Waals surface area contributed by atoms with Gasteiger partial charge in [-0.3, -0.25) is 18.8 Å². The highest BCUT2D eigenvalue weighted by atomic mass is 32.2. The number of rotatable bonds is 7. The van der Waals surface area contributed by atoms with Crippen molar-refractivity contribution in [1.82, 2.24) is 5.32 Å². The van der Waals surface area contributed by atoms with Crippen LogP contribution in [0.4, 0.5) is 11.4 Å². The van der Waals surface area contributed by atoms with Crippen molar-refractivity contribution in [3.05, 3.63) is 89.3 Å². The zero-order chi connectivity index (χ0) is 26.9. The van der Waals surface area contributed by atoms with Crippen LogP contribution in [0.25, 0.3) is 10.1 Å². The Morgan fingerprint density at radius 3 is 2.55 bits per heavy atom. The van der Waals surface area contributed by atoms with Gasteiger partial charge >= 0.3 is 0 Å². The third kappa shape index (κ3) is 5.36. The molecule has 1 atom stereocenters. The number of benzene rings is 3. The van der Waals surface area contributed by atoms with E-state index in [1.807, 2.05) is 42.5 Å². The van der Waals surface area contributed by atoms with Crippen LogP contribution < -0.4 is 19.3 Å². The molecule has 1 unspecified atom stereocenters. The minimum atomic E-state index is -3.41. The van der Waals surface area contributed by atoms with Crippen LogP contribution in [0.3, 0.4) is 0 Å². The molecule has 196 valence electrons. The molecule has 0 radical (unpaired) electrons. The average Bonchev–Trinajstić information content (AvgIpc) is 3.35. The number of anilines is 2. The van der Waals surface area contributed by atoms with Crippen LogP contribution >= 0.6 is 11.3 Å². The number of ether oxygens (including phenoxy) is 1. The molecule has 1 aromatic heterocycles. The molecule has 0 aliphatic carbocycles. The van der Waals surface area contributed by atoms with Gasteiger partial charge in [0.1, 0.15) is 5.75 Å². The van der Waals surface area contributed by atoms with Crippen LogP contribution in [0.2, 0.25) is 0 Å². The summed E-state index contributed by atoms with van der Waals surface area (Å²) >= 11 is 1.32. The first kappa shape index (κ1) is 25.7. The summed E-state index contributed by atoms with van der Waals surface area (Å²) < 4.78 is 31.9. The number of para-hydroxylation sites is 2. The predicted octanol–water partition coefficient (Wildman–Crippen LogP) is 4.06. The van der Waals surface area contributed by atoms with E-state index in [2.05, 4.69) is 5.32 Å². The standard InChI is InChI=1S/C28H27N3O5S2/c1-30(38(2,34)35)21-12-13-25-20(16-21)17-26(37-25)28(33)31-18-24(36-23-11-7-6-10-22(23)31)27(32)29-15-14-19-8-4-3-5-9-19/h3-13,16-17,24H,14-15,18H2,1-2H3,(H,29,32). The highest BCUT2D eigenvalue weighted by Gasteiger charge is 2.34. The minimum Gasteiger partial charge on any atom is -0.477 e. The summed E-state index contributed by atoms with van der Waals surface area (Å²) in [7, 11) is -1.92. The van der Waals surface area contributed by atoms with E-state index < -0.39 is 16.1 Å². The summed E-state index contributed by atoms with van der Waals surface area (Å²) in [5.74, 6) is -0.0615. The molecule has 2 amide bonds. The molecule has 1 N–H and O–H groups in total. The Hall–Kier alpha value is -3.89. The quantitative estimate of drug-likeness (QED) is 0.375. The third-order valence-electron chi connectivity index (χ3n) is 6.44. The van der Waals surface area contributed by atoms with Gasteiger partial charge < -0.3 is 10.1 Å². The van der Waals surface area contributed by atoms with Crippen LogP contribution in [-0.4, -0.2) is 52.7 Å². The molecular weight excluding hydrogens is 522 g/mol. The normalized spacial score (nSPS) is 15.0. The van der Waals surface area contributed by atoms with Crippen LogP contribution in [0.15, 0.2) is 78.9 Å². The molecule has 0 saturated carbocycles. The summed E-state index contributed by atoms with van der Waals surface area (Å²) in [5, 5.41) is 3.70. The SMILES string of the molecule is CN(c1ccc2sc(C(=O)N3CC(C(=O)NCCc4ccccc4)Oc4ccccc43)cc2c1)S(C)(=O)=O. The largest absolute Gasteiger partial charge is 0.477 e. The highest BCUT2D eigenvalue weighted by molar-refractivity contribution is 7.92. The smallest absolute Gasteiger partial charge is 0.268 e. The van der Waals surface area contributed by atoms with Gasteiger partial charge in [-0.25, -0.2) is 8.42 Å². The summed E-state index contributed by atoms with van der Waals surface area (Å²) in [5.41, 5.74) is 2.23. The van der Waals surface area contributed by atoms with Crippen LogP contribution in [0.1, 0.15) is 15.2 Å². The Bertz CT molecular complexity index is 1600. The Morgan fingerprint density at radius 2 is 1.79 bits per heavy atom. The van der Waals surface area contributed by atoms with Crippen molar-refractivity contribution in [3.8, 4) is 5.75 Å². The second-order valence-electron chi connectivity index (χ2n) is 9.08. The van der Waals surface area contributed by atoms with Crippen molar-refractivity contribution in [1.29, 1.82) is 0 Å². The van der Waals surface area contributed by atoms with Gasteiger partial charge in [-0.05, 0) is 53.8 Å². The van der Waals surface area contributed by atoms with Crippen molar-refractivity contribution in [2.75, 3.05) is 35.6 Å². The van der Waals surface area contributed by atoms with Gasteiger partial charge in [-0.1, -0.05) is 42.5 Å². The minimum absolute atomic E-state index is 0.0727. The van der Waals surface area contributed by atoms with E-state index >= 15 is 0 Å². The van der Waals surface area contributed by atoms with Crippen molar-refractivity contribution < 1.29 is 22.7 Å². The lowest BCUT2D eigenvalue weighted by Gasteiger charge is -2.34. The summed E-state index contributed by atoms with van der Waals surface area (Å²) in [6.45, 7) is 0.530. The second kappa shape index (κ2) is 10.5. The lowest BCUT2D eigenvalue weighted by molar-refractivity contribution is -0.127. The molecular formula is C28H27N3O5S2. The fourth-order valence-corrected chi connectivity index (χ4v) is 5.80. The number of carbonyl (C=O) groups is 2. The molecule has 10 heteroatoms. The van der Waals surface area contributed by atoms with Gasteiger partial charge in [0.2, 0.25) is 10.0 Å². The maximum Gasteiger partial charge on any atom is 0.268 e. The topological polar surface area (TPSA) is 96.0 Å². The number of sulfonamides is 1. The monoisotopic (exact) mass is 549 g/mol. The third-order valence-corrected chi connectivity index (χ3v) is 8.75. The first-order valence-electron chi connectivity index (χ1n) is 12.1. The molecule has 0 fully saturated rings. The second-order valence-corrected chi connectivity index (χ2v) is 12.2. The molecule has 4 aromatic rings. The number of hydrogen-bond acceptors (Lipinski definition) is 6. The van der Waals surface area contributed by atoms with Gasteiger partial charge in [-0.15, -0.1) is 11.3 Å². The number of nitrogens with one attached hydrogen (secondary N) is 1. The van der Waals surface area contributed by atoms with Crippen molar-refractivity contribution in [2.24, 2.45) is 0 Å². The average molecular weight is 550 g/mol. The number of fused-ring (bicyclic) bond motifs is 2. The van der Waals surface area contributed by atoms with E-state index in [1.54, 1.807) is 41.3 Å². The van der Waals surface area contributed by atoms with E-state index in [9.17, 15) is 18.0 Å². The van der Waals surface area contributed by atoms with Gasteiger partial charge in [0, 0.05) is 18.3 Å². The molecule has 0 bridgehead atoms. The molecule has 8 nitrogen and oxygen atoms in total. The molecule has 5 rings (SSSR count). The number of nitrogens with zero attached hydrogens (tertiary/aromatic N) is 2. The maximum atomic E-state index is 13.7. The molecule has 3 aromatic carbocycles. The van der Waals surface area contributed by atoms with Gasteiger partial charge in [0.25, 0.3) is 11.8 Å². The summed E-state index contributed by atoms with van der Waals surface area (Å²) in [6, 6.07) is 24.1. The number of amides is 2. The highest BCUT2D eigenvalue weighted by Crippen LogP contribution is 2.36. The van der Waals surface area contributed by atoms with E-state index in [0.29, 0.717) is 35.0 Å². The summed E-state index contributed by atoms with van der Waals surface area (Å²) in [6.07, 6.45) is 0.981. The lowest BCUT2D eigenvalue weighted by Crippen LogP contribution is -2.51. The van der Waals surface area contributed by atoms with Gasteiger partial charge in [-0.2, -0.15) is 0 Å². The zero-order valence-corrected chi connectivity index (χ0v) is 22.6. The molecule has 38 heavy (non-hydrogen) atoms. The Kier molecular flexibility index (Phi) is 7.09. The van der Waals surface area contributed by atoms with E-state index in [-0.39, 0.29) is 18.4 Å². The van der Waals surface area contributed by atoms with Crippen LogP contribution in [0.5, 0.6) is 5.75 Å². The van der Waals surface area contributed by atoms with Crippen LogP contribution in [-0.2, 0) is 21.2 Å². The number of hydrogen-bond donors (Lipinski definition) is 1. The fraction of sp³-hybridized carbons (Fsp3) is 0.214. The first-order chi connectivity index (χ1) is 18.2. The number of carbonyl (C=O) groups excluding carboxylic acids is 2. The predicted molar refractivity (Wildman–Crippen MR) is 151 cm³/mol. The lowest BCUT2D eigenvalue weighted by atomic mass is 10.1. The van der Waals surface area contributed by atoms with Crippen LogP contribution in [0, 0.1) is 0 Å². The van der Waals surface area contributed by atoms with Gasteiger partial charge in [0.15, 0.2) is 6.10 Å². The van der Waals surface area contributed by atoms with E-state index in [1.165, 1.54) is 22.7 Å². The fourth-order valence-electron chi connectivity index (χ4n) is 4.31. The van der Waals surface area contributed by atoms with Crippen molar-refractivity contribution in [2.45, 2.75) is 12.5 Å². The van der Waals surface area contributed by atoms with Crippen molar-refractivity contribution >= 4 is 54.6 Å². The molecule has 1 aliphatic rings. The van der Waals surface area contributed by atoms with Gasteiger partial charge in [0.05, 0.1) is 29.1 Å². The zero-order valence-electron chi connectivity index (χ0n) is 21.0. The molecule has 0 saturated heterocycles. The summed E-state index contributed by atoms with van der Waals surface area (Å²) in [4.78, 5) is 28.8. The Balaban J connectivity index is 1.36. The molecule has 2 heterocycles. The maximum absolute atomic E-state index is 13.7. The first-order valence-corrected chi connectivity index (χ1v) is 14.7. The van der Waals surface area contributed by atoms with Crippen molar-refractivity contribution in [3.63, 3.8) is 0 Å². The van der Waals surface area contributed by atoms with E-state index in [0.717, 1.165) is 21.9 Å². The van der Waals surface area contributed by atoms with E-state index in [4.69, 9.17) is 4.74 Å². The Labute approximate surface area is 225 Å². The molecule has 0 spiro atoms.